The molecule has 1 aromatic heterocycles. The van der Waals surface area contributed by atoms with Crippen LogP contribution in [-0.4, -0.2) is 23.9 Å². The summed E-state index contributed by atoms with van der Waals surface area (Å²) in [5.74, 6) is -0.144. The highest BCUT2D eigenvalue weighted by molar-refractivity contribution is 7.16. The molecule has 1 amide bonds. The number of nitrogens with one attached hydrogen (secondary N) is 1. The Balaban J connectivity index is 1.44. The van der Waals surface area contributed by atoms with E-state index in [1.54, 1.807) is 6.07 Å². The average molecular weight is 491 g/mol. The van der Waals surface area contributed by atoms with Gasteiger partial charge in [0.15, 0.2) is 11.4 Å². The maximum absolute atomic E-state index is 13.2. The minimum absolute atomic E-state index is 0.00601. The minimum Gasteiger partial charge on any atom is -0.384 e. The van der Waals surface area contributed by atoms with Crippen molar-refractivity contribution >= 4 is 51.9 Å². The van der Waals surface area contributed by atoms with E-state index in [4.69, 9.17) is 28.0 Å². The van der Waals surface area contributed by atoms with Crippen molar-refractivity contribution in [2.24, 2.45) is 11.1 Å². The molecule has 5 nitrogen and oxygen atoms in total. The van der Waals surface area contributed by atoms with Crippen LogP contribution in [0.5, 0.6) is 0 Å². The summed E-state index contributed by atoms with van der Waals surface area (Å²) in [7, 11) is 0. The molecule has 2 aromatic rings. The Morgan fingerprint density at radius 2 is 1.94 bits per heavy atom. The van der Waals surface area contributed by atoms with E-state index in [0.717, 1.165) is 58.7 Å². The second-order valence-corrected chi connectivity index (χ2v) is 10.9. The number of carbonyl (C=O) groups is 2. The lowest BCUT2D eigenvalue weighted by molar-refractivity contribution is -0.122. The first-order valence-corrected chi connectivity index (χ1v) is 12.6. The van der Waals surface area contributed by atoms with Crippen molar-refractivity contribution in [2.45, 2.75) is 57.5 Å². The zero-order chi connectivity index (χ0) is 22.5. The first-order chi connectivity index (χ1) is 15.3. The molecular formula is C24H24Cl2N2O3S. The lowest BCUT2D eigenvalue weighted by Gasteiger charge is -2.22. The predicted octanol–water partition coefficient (Wildman–Crippen LogP) is 5.68. The van der Waals surface area contributed by atoms with Gasteiger partial charge in [0.25, 0.3) is 0 Å². The largest absolute Gasteiger partial charge is 0.384 e. The number of thiophene rings is 1. The van der Waals surface area contributed by atoms with Crippen molar-refractivity contribution in [1.82, 2.24) is 5.32 Å². The van der Waals surface area contributed by atoms with Gasteiger partial charge in [-0.25, -0.2) is 0 Å². The molecule has 1 unspecified atom stereocenters. The highest BCUT2D eigenvalue weighted by Gasteiger charge is 2.40. The number of halogens is 2. The minimum atomic E-state index is -0.665. The fourth-order valence-corrected chi connectivity index (χ4v) is 6.77. The normalized spacial score (nSPS) is 24.7. The van der Waals surface area contributed by atoms with Crippen LogP contribution < -0.4 is 5.32 Å². The molecule has 2 atom stereocenters. The van der Waals surface area contributed by atoms with Gasteiger partial charge in [-0.1, -0.05) is 28.4 Å². The third-order valence-corrected chi connectivity index (χ3v) is 8.47. The van der Waals surface area contributed by atoms with Crippen molar-refractivity contribution in [3.05, 3.63) is 54.7 Å². The van der Waals surface area contributed by atoms with Crippen LogP contribution in [0.3, 0.4) is 0 Å². The van der Waals surface area contributed by atoms with Gasteiger partial charge in [0.2, 0.25) is 5.91 Å². The van der Waals surface area contributed by atoms with Crippen molar-refractivity contribution in [2.75, 3.05) is 6.54 Å². The van der Waals surface area contributed by atoms with Gasteiger partial charge in [-0.3, -0.25) is 9.59 Å². The molecule has 32 heavy (non-hydrogen) atoms. The molecule has 1 aliphatic carbocycles. The first kappa shape index (κ1) is 21.9. The Bertz CT molecular complexity index is 1120. The first-order valence-electron chi connectivity index (χ1n) is 11.0. The highest BCUT2D eigenvalue weighted by atomic mass is 35.5. The smallest absolute Gasteiger partial charge is 0.223 e. The van der Waals surface area contributed by atoms with Gasteiger partial charge in [0.05, 0.1) is 9.75 Å². The number of ketones is 1. The molecule has 1 aromatic carbocycles. The molecule has 168 valence electrons. The summed E-state index contributed by atoms with van der Waals surface area (Å²) in [6, 6.07) is 5.42. The molecule has 0 spiro atoms. The fourth-order valence-electron chi connectivity index (χ4n) is 4.92. The highest BCUT2D eigenvalue weighted by Crippen LogP contribution is 2.43. The molecule has 0 radical (unpaired) electrons. The van der Waals surface area contributed by atoms with E-state index in [1.807, 2.05) is 19.1 Å². The van der Waals surface area contributed by atoms with Gasteiger partial charge in [0, 0.05) is 40.9 Å². The van der Waals surface area contributed by atoms with Crippen molar-refractivity contribution in [3.8, 4) is 0 Å². The average Bonchev–Trinajstić information content (AvgIpc) is 3.45. The molecule has 1 saturated heterocycles. The summed E-state index contributed by atoms with van der Waals surface area (Å²) in [4.78, 5) is 33.0. The van der Waals surface area contributed by atoms with E-state index in [-0.39, 0.29) is 24.0 Å². The summed E-state index contributed by atoms with van der Waals surface area (Å²) in [5.41, 5.74) is 3.46. The molecule has 3 aliphatic rings. The Labute approximate surface area is 201 Å². The molecule has 8 heteroatoms. The van der Waals surface area contributed by atoms with Gasteiger partial charge in [-0.2, -0.15) is 0 Å². The number of hydrogen-bond donors (Lipinski definition) is 1. The van der Waals surface area contributed by atoms with Crippen molar-refractivity contribution in [3.63, 3.8) is 0 Å². The van der Waals surface area contributed by atoms with E-state index < -0.39 is 5.60 Å². The SMILES string of the molecule is CC1(c2cc(Cl)cc(Cl)c2)CC(c2sc(C(=O)C[C@@H]3CCNC3=O)c3c2CCCC3)=NO1. The van der Waals surface area contributed by atoms with E-state index >= 15 is 0 Å². The number of benzene rings is 1. The lowest BCUT2D eigenvalue weighted by Crippen LogP contribution is -2.22. The number of Topliss-reactive ketones (excluding diaryl/α,β-unsaturated/α-hetero) is 1. The fraction of sp³-hybridized carbons (Fsp3) is 0.458. The van der Waals surface area contributed by atoms with Gasteiger partial charge in [-0.15, -0.1) is 11.3 Å². The van der Waals surface area contributed by atoms with Crippen LogP contribution in [0.2, 0.25) is 10.0 Å². The number of rotatable bonds is 5. The number of amides is 1. The zero-order valence-electron chi connectivity index (χ0n) is 17.8. The number of oxime groups is 1. The predicted molar refractivity (Wildman–Crippen MR) is 127 cm³/mol. The van der Waals surface area contributed by atoms with E-state index in [1.165, 1.54) is 16.9 Å². The number of carbonyl (C=O) groups excluding carboxylic acids is 2. The van der Waals surface area contributed by atoms with E-state index in [0.29, 0.717) is 23.0 Å². The molecule has 5 rings (SSSR count). The van der Waals surface area contributed by atoms with Crippen LogP contribution >= 0.6 is 34.5 Å². The molecule has 2 aliphatic heterocycles. The van der Waals surface area contributed by atoms with Crippen LogP contribution in [0.15, 0.2) is 23.4 Å². The molecule has 1 fully saturated rings. The van der Waals surface area contributed by atoms with Crippen molar-refractivity contribution in [1.29, 1.82) is 0 Å². The van der Waals surface area contributed by atoms with Crippen LogP contribution in [0.1, 0.15) is 70.3 Å². The number of fused-ring (bicyclic) bond motifs is 1. The Kier molecular flexibility index (Phi) is 5.81. The molecule has 0 bridgehead atoms. The van der Waals surface area contributed by atoms with Crippen LogP contribution in [0, 0.1) is 5.92 Å². The van der Waals surface area contributed by atoms with E-state index in [9.17, 15) is 9.59 Å². The molecular weight excluding hydrogens is 467 g/mol. The molecule has 0 saturated carbocycles. The van der Waals surface area contributed by atoms with Crippen LogP contribution in [0.25, 0.3) is 0 Å². The topological polar surface area (TPSA) is 67.8 Å². The van der Waals surface area contributed by atoms with Gasteiger partial charge >= 0.3 is 0 Å². The summed E-state index contributed by atoms with van der Waals surface area (Å²) in [5, 5.41) is 8.40. The Hall–Kier alpha value is -1.89. The van der Waals surface area contributed by atoms with E-state index in [2.05, 4.69) is 10.5 Å². The van der Waals surface area contributed by atoms with Crippen LogP contribution in [0.4, 0.5) is 0 Å². The van der Waals surface area contributed by atoms with Gasteiger partial charge in [-0.05, 0) is 68.4 Å². The Morgan fingerprint density at radius 1 is 1.22 bits per heavy atom. The molecule has 1 N–H and O–H groups in total. The van der Waals surface area contributed by atoms with Gasteiger partial charge < -0.3 is 10.2 Å². The monoisotopic (exact) mass is 490 g/mol. The maximum atomic E-state index is 13.2. The third kappa shape index (κ3) is 3.97. The summed E-state index contributed by atoms with van der Waals surface area (Å²) in [6.07, 6.45) is 5.61. The number of nitrogens with zero attached hydrogens (tertiary/aromatic N) is 1. The second kappa shape index (κ2) is 8.47. The maximum Gasteiger partial charge on any atom is 0.223 e. The zero-order valence-corrected chi connectivity index (χ0v) is 20.1. The van der Waals surface area contributed by atoms with Gasteiger partial charge in [0.1, 0.15) is 5.71 Å². The quantitative estimate of drug-likeness (QED) is 0.547. The molecule has 3 heterocycles. The number of hydrogen-bond acceptors (Lipinski definition) is 5. The second-order valence-electron chi connectivity index (χ2n) is 9.02. The summed E-state index contributed by atoms with van der Waals surface area (Å²) >= 11 is 14.0. The Morgan fingerprint density at radius 3 is 2.62 bits per heavy atom. The standard InChI is InChI=1S/C24H24Cl2N2O3S/c1-24(14-9-15(25)11-16(26)10-14)12-19(28-31-24)21-17-4-2-3-5-18(17)22(32-21)20(29)8-13-6-7-27-23(13)30/h9-11,13H,2-8,12H2,1H3,(H,27,30)/t13-,24?/m0/s1. The third-order valence-electron chi connectivity index (χ3n) is 6.67. The van der Waals surface area contributed by atoms with Crippen LogP contribution in [-0.2, 0) is 28.1 Å². The summed E-state index contributed by atoms with van der Waals surface area (Å²) in [6.45, 7) is 2.64. The van der Waals surface area contributed by atoms with Crippen molar-refractivity contribution < 1.29 is 14.4 Å². The summed E-state index contributed by atoms with van der Waals surface area (Å²) < 4.78 is 0. The lowest BCUT2D eigenvalue weighted by atomic mass is 9.86.